The van der Waals surface area contributed by atoms with E-state index in [4.69, 9.17) is 0 Å². The van der Waals surface area contributed by atoms with Crippen molar-refractivity contribution in [1.29, 1.82) is 0 Å². The molecule has 0 unspecified atom stereocenters. The average Bonchev–Trinajstić information content (AvgIpc) is 2.52. The number of nitrogens with zero attached hydrogens (tertiary/aromatic N) is 1. The molecular formula is C15H11BrFN3O3. The molecule has 0 radical (unpaired) electrons. The molecule has 0 saturated heterocycles. The summed E-state index contributed by atoms with van der Waals surface area (Å²) in [6.07, 6.45) is 1.20. The summed E-state index contributed by atoms with van der Waals surface area (Å²) >= 11 is 3.23. The van der Waals surface area contributed by atoms with Gasteiger partial charge in [0, 0.05) is 15.7 Å². The van der Waals surface area contributed by atoms with Crippen LogP contribution in [0.4, 0.5) is 10.1 Å². The molecule has 0 aliphatic heterocycles. The molecule has 0 bridgehead atoms. The van der Waals surface area contributed by atoms with E-state index in [1.807, 2.05) is 5.43 Å². The Labute approximate surface area is 139 Å². The van der Waals surface area contributed by atoms with Crippen molar-refractivity contribution in [1.82, 2.24) is 5.43 Å². The van der Waals surface area contributed by atoms with Gasteiger partial charge in [-0.05, 0) is 42.5 Å². The molecule has 23 heavy (non-hydrogen) atoms. The highest BCUT2D eigenvalue weighted by Crippen LogP contribution is 2.19. The van der Waals surface area contributed by atoms with E-state index in [0.717, 1.165) is 16.6 Å². The first-order valence-corrected chi connectivity index (χ1v) is 7.13. The summed E-state index contributed by atoms with van der Waals surface area (Å²) in [7, 11) is 0. The third-order valence-corrected chi connectivity index (χ3v) is 3.16. The van der Waals surface area contributed by atoms with Crippen molar-refractivity contribution >= 4 is 39.6 Å². The molecule has 0 aliphatic carbocycles. The van der Waals surface area contributed by atoms with E-state index >= 15 is 0 Å². The second kappa shape index (κ2) is 7.50. The van der Waals surface area contributed by atoms with Gasteiger partial charge in [0.05, 0.1) is 6.21 Å². The molecule has 0 aromatic heterocycles. The number of hydrogen-bond acceptors (Lipinski definition) is 4. The first kappa shape index (κ1) is 16.6. The van der Waals surface area contributed by atoms with Crippen molar-refractivity contribution in [3.05, 3.63) is 58.3 Å². The minimum absolute atomic E-state index is 0.0260. The van der Waals surface area contributed by atoms with Crippen LogP contribution in [0.3, 0.4) is 0 Å². The number of phenols is 1. The largest absolute Gasteiger partial charge is 0.507 e. The molecule has 0 saturated carbocycles. The van der Waals surface area contributed by atoms with Gasteiger partial charge in [-0.2, -0.15) is 5.10 Å². The normalized spacial score (nSPS) is 10.5. The van der Waals surface area contributed by atoms with Crippen molar-refractivity contribution in [3.8, 4) is 5.75 Å². The standard InChI is InChI=1S/C15H11BrFN3O3/c16-10-1-6-13(21)9(7-10)8-18-20-15(23)14(22)19-12-4-2-11(17)3-5-12/h1-8,21H,(H,19,22)(H,20,23)/b18-8+. The van der Waals surface area contributed by atoms with Crippen LogP contribution in [0, 0.1) is 5.82 Å². The van der Waals surface area contributed by atoms with E-state index in [0.29, 0.717) is 5.56 Å². The first-order valence-electron chi connectivity index (χ1n) is 6.34. The minimum atomic E-state index is -1.000. The number of hydrogen-bond donors (Lipinski definition) is 3. The van der Waals surface area contributed by atoms with Gasteiger partial charge in [0.15, 0.2) is 0 Å². The molecule has 0 aliphatic rings. The number of anilines is 1. The molecular weight excluding hydrogens is 369 g/mol. The first-order chi connectivity index (χ1) is 11.0. The predicted molar refractivity (Wildman–Crippen MR) is 86.6 cm³/mol. The summed E-state index contributed by atoms with van der Waals surface area (Å²) in [6, 6.07) is 9.63. The van der Waals surface area contributed by atoms with Crippen molar-refractivity contribution < 1.29 is 19.1 Å². The number of benzene rings is 2. The Hall–Kier alpha value is -2.74. The van der Waals surface area contributed by atoms with Gasteiger partial charge < -0.3 is 10.4 Å². The summed E-state index contributed by atoms with van der Waals surface area (Å²) in [5.41, 5.74) is 2.66. The van der Waals surface area contributed by atoms with Crippen LogP contribution in [-0.4, -0.2) is 23.1 Å². The average molecular weight is 380 g/mol. The Bertz CT molecular complexity index is 763. The second-order valence-corrected chi connectivity index (χ2v) is 5.28. The molecule has 2 amide bonds. The molecule has 8 heteroatoms. The molecule has 118 valence electrons. The molecule has 2 aromatic rings. The van der Waals surface area contributed by atoms with E-state index in [-0.39, 0.29) is 11.4 Å². The van der Waals surface area contributed by atoms with Crippen LogP contribution in [0.15, 0.2) is 52.0 Å². The number of halogens is 2. The molecule has 2 aromatic carbocycles. The van der Waals surface area contributed by atoms with Gasteiger partial charge >= 0.3 is 11.8 Å². The lowest BCUT2D eigenvalue weighted by atomic mass is 10.2. The maximum absolute atomic E-state index is 12.7. The molecule has 0 fully saturated rings. The van der Waals surface area contributed by atoms with Crippen molar-refractivity contribution in [2.75, 3.05) is 5.32 Å². The Morgan fingerprint density at radius 2 is 1.83 bits per heavy atom. The van der Waals surface area contributed by atoms with Crippen LogP contribution in [0.5, 0.6) is 5.75 Å². The fourth-order valence-corrected chi connectivity index (χ4v) is 1.94. The highest BCUT2D eigenvalue weighted by Gasteiger charge is 2.12. The van der Waals surface area contributed by atoms with Crippen LogP contribution >= 0.6 is 15.9 Å². The predicted octanol–water partition coefficient (Wildman–Crippen LogP) is 2.38. The van der Waals surface area contributed by atoms with E-state index in [9.17, 15) is 19.1 Å². The molecule has 0 atom stereocenters. The number of carbonyl (C=O) groups is 2. The zero-order valence-corrected chi connectivity index (χ0v) is 13.2. The molecule has 0 spiro atoms. The summed E-state index contributed by atoms with van der Waals surface area (Å²) < 4.78 is 13.5. The van der Waals surface area contributed by atoms with Crippen LogP contribution in [0.1, 0.15) is 5.56 Å². The number of hydrazone groups is 1. The third-order valence-electron chi connectivity index (χ3n) is 2.67. The van der Waals surface area contributed by atoms with E-state index in [1.54, 1.807) is 12.1 Å². The van der Waals surface area contributed by atoms with Crippen molar-refractivity contribution in [2.24, 2.45) is 5.10 Å². The van der Waals surface area contributed by atoms with Crippen LogP contribution in [0.2, 0.25) is 0 Å². The monoisotopic (exact) mass is 379 g/mol. The minimum Gasteiger partial charge on any atom is -0.507 e. The van der Waals surface area contributed by atoms with E-state index in [2.05, 4.69) is 26.3 Å². The lowest BCUT2D eigenvalue weighted by Crippen LogP contribution is -2.32. The van der Waals surface area contributed by atoms with Gasteiger partial charge in [0.25, 0.3) is 0 Å². The van der Waals surface area contributed by atoms with Gasteiger partial charge in [-0.25, -0.2) is 9.82 Å². The van der Waals surface area contributed by atoms with Crippen LogP contribution in [0.25, 0.3) is 0 Å². The summed E-state index contributed by atoms with van der Waals surface area (Å²) in [4.78, 5) is 23.2. The van der Waals surface area contributed by atoms with Gasteiger partial charge in [-0.1, -0.05) is 15.9 Å². The second-order valence-electron chi connectivity index (χ2n) is 4.36. The number of nitrogens with one attached hydrogen (secondary N) is 2. The number of rotatable bonds is 3. The zero-order valence-electron chi connectivity index (χ0n) is 11.6. The van der Waals surface area contributed by atoms with E-state index in [1.165, 1.54) is 24.4 Å². The quantitative estimate of drug-likeness (QED) is 0.434. The number of aromatic hydroxyl groups is 1. The topological polar surface area (TPSA) is 90.8 Å². The summed E-state index contributed by atoms with van der Waals surface area (Å²) in [6.45, 7) is 0. The smallest absolute Gasteiger partial charge is 0.329 e. The summed E-state index contributed by atoms with van der Waals surface area (Å²) in [5.74, 6) is -2.43. The fraction of sp³-hybridized carbons (Fsp3) is 0. The maximum atomic E-state index is 12.7. The van der Waals surface area contributed by atoms with Gasteiger partial charge in [-0.15, -0.1) is 0 Å². The fourth-order valence-electron chi connectivity index (χ4n) is 1.56. The van der Waals surface area contributed by atoms with Crippen molar-refractivity contribution in [2.45, 2.75) is 0 Å². The highest BCUT2D eigenvalue weighted by molar-refractivity contribution is 9.10. The van der Waals surface area contributed by atoms with Gasteiger partial charge in [-0.3, -0.25) is 9.59 Å². The van der Waals surface area contributed by atoms with E-state index < -0.39 is 17.6 Å². The maximum Gasteiger partial charge on any atom is 0.329 e. The Balaban J connectivity index is 1.93. The number of carbonyl (C=O) groups excluding carboxylic acids is 2. The highest BCUT2D eigenvalue weighted by atomic mass is 79.9. The molecule has 2 rings (SSSR count). The third kappa shape index (κ3) is 4.89. The SMILES string of the molecule is O=C(N/N=C/c1cc(Br)ccc1O)C(=O)Nc1ccc(F)cc1. The molecule has 0 heterocycles. The zero-order chi connectivity index (χ0) is 16.8. The lowest BCUT2D eigenvalue weighted by Gasteiger charge is -2.03. The molecule has 6 nitrogen and oxygen atoms in total. The Morgan fingerprint density at radius 3 is 2.52 bits per heavy atom. The summed E-state index contributed by atoms with van der Waals surface area (Å²) in [5, 5.41) is 15.5. The Morgan fingerprint density at radius 1 is 1.13 bits per heavy atom. The van der Waals surface area contributed by atoms with Gasteiger partial charge in [0.1, 0.15) is 11.6 Å². The van der Waals surface area contributed by atoms with Crippen molar-refractivity contribution in [3.63, 3.8) is 0 Å². The van der Waals surface area contributed by atoms with Crippen LogP contribution < -0.4 is 10.7 Å². The molecule has 3 N–H and O–H groups in total. The van der Waals surface area contributed by atoms with Crippen LogP contribution in [-0.2, 0) is 9.59 Å². The van der Waals surface area contributed by atoms with Gasteiger partial charge in [0.2, 0.25) is 0 Å². The number of phenolic OH excluding ortho intramolecular Hbond substituents is 1. The Kier molecular flexibility index (Phi) is 5.42. The number of amides is 2. The lowest BCUT2D eigenvalue weighted by molar-refractivity contribution is -0.136.